The highest BCUT2D eigenvalue weighted by molar-refractivity contribution is 6.55. The fourth-order valence-electron chi connectivity index (χ4n) is 0.135. The van der Waals surface area contributed by atoms with Gasteiger partial charge in [0.25, 0.3) is 0 Å². The van der Waals surface area contributed by atoms with Crippen LogP contribution in [0.5, 0.6) is 0 Å². The molecule has 0 rings (SSSR count). The van der Waals surface area contributed by atoms with Crippen LogP contribution in [0.25, 0.3) is 0 Å². The van der Waals surface area contributed by atoms with Crippen LogP contribution in [0.2, 0.25) is 0 Å². The van der Waals surface area contributed by atoms with Crippen molar-refractivity contribution >= 4 is 40.6 Å². The highest BCUT2D eigenvalue weighted by Crippen LogP contribution is 2.03. The molecule has 0 bridgehead atoms. The first-order valence-electron chi connectivity index (χ1n) is 1.77. The highest BCUT2D eigenvalue weighted by Gasteiger charge is 2.05. The van der Waals surface area contributed by atoms with E-state index in [1.54, 1.807) is 0 Å². The minimum atomic E-state index is -0.995. The molecule has 0 aromatic carbocycles. The Morgan fingerprint density at radius 3 is 2.12 bits per heavy atom. The van der Waals surface area contributed by atoms with Gasteiger partial charge in [-0.1, -0.05) is 34.8 Å². The van der Waals surface area contributed by atoms with Gasteiger partial charge in [-0.05, 0) is 6.08 Å². The van der Waals surface area contributed by atoms with E-state index in [1.807, 2.05) is 0 Å². The predicted octanol–water partition coefficient (Wildman–Crippen LogP) is 2.11. The summed E-state index contributed by atoms with van der Waals surface area (Å²) in [5.41, 5.74) is 1.07. The third-order valence-corrected chi connectivity index (χ3v) is 0.998. The fourth-order valence-corrected chi connectivity index (χ4v) is 0.404. The van der Waals surface area contributed by atoms with Gasteiger partial charge in [-0.2, -0.15) is 0 Å². The molecule has 0 unspecified atom stereocenters. The van der Waals surface area contributed by atoms with Crippen LogP contribution in [-0.4, -0.2) is 10.6 Å². The molecule has 8 heavy (non-hydrogen) atoms. The second kappa shape index (κ2) is 4.19. The molecule has 0 aliphatic heterocycles. The maximum absolute atomic E-state index is 10.3. The van der Waals surface area contributed by atoms with E-state index < -0.39 is 10.6 Å². The van der Waals surface area contributed by atoms with Gasteiger partial charge in [0.1, 0.15) is 0 Å². The van der Waals surface area contributed by atoms with Crippen molar-refractivity contribution in [3.8, 4) is 0 Å². The molecule has 0 radical (unpaired) electrons. The number of hydrogen-bond donors (Lipinski definition) is 0. The van der Waals surface area contributed by atoms with Gasteiger partial charge >= 0.3 is 0 Å². The summed E-state index contributed by atoms with van der Waals surface area (Å²) >= 11 is 15.2. The van der Waals surface area contributed by atoms with Gasteiger partial charge < -0.3 is 0 Å². The molecule has 0 aliphatic carbocycles. The standard InChI is InChI=1S/C4H3Cl3O/c5-2-1-3(8)4(6)7/h1-2,4H/b2-1-. The number of halogens is 3. The summed E-state index contributed by atoms with van der Waals surface area (Å²) in [4.78, 5) is 9.31. The zero-order valence-electron chi connectivity index (χ0n) is 3.77. The van der Waals surface area contributed by atoms with Crippen molar-refractivity contribution in [3.63, 3.8) is 0 Å². The summed E-state index contributed by atoms with van der Waals surface area (Å²) < 4.78 is 0. The molecule has 0 N–H and O–H groups in total. The normalized spacial score (nSPS) is 11.0. The zero-order valence-corrected chi connectivity index (χ0v) is 6.04. The lowest BCUT2D eigenvalue weighted by Crippen LogP contribution is -2.01. The zero-order chi connectivity index (χ0) is 6.57. The first-order valence-corrected chi connectivity index (χ1v) is 3.08. The number of ketones is 1. The van der Waals surface area contributed by atoms with Crippen LogP contribution in [0, 0.1) is 0 Å². The number of carbonyl (C=O) groups is 1. The van der Waals surface area contributed by atoms with Gasteiger partial charge in [0.15, 0.2) is 10.6 Å². The molecule has 4 heteroatoms. The van der Waals surface area contributed by atoms with Crippen LogP contribution >= 0.6 is 34.8 Å². The molecule has 0 atom stereocenters. The Bertz CT molecular complexity index is 108. The van der Waals surface area contributed by atoms with Gasteiger partial charge in [-0.25, -0.2) is 0 Å². The highest BCUT2D eigenvalue weighted by atomic mass is 35.5. The number of alkyl halides is 2. The van der Waals surface area contributed by atoms with Crippen LogP contribution in [0.4, 0.5) is 0 Å². The molecule has 0 saturated carbocycles. The van der Waals surface area contributed by atoms with Crippen LogP contribution in [0.3, 0.4) is 0 Å². The van der Waals surface area contributed by atoms with Crippen molar-refractivity contribution in [2.75, 3.05) is 0 Å². The average Bonchev–Trinajstić information content (AvgIpc) is 1.67. The second-order valence-electron chi connectivity index (χ2n) is 0.996. The predicted molar refractivity (Wildman–Crippen MR) is 35.5 cm³/mol. The van der Waals surface area contributed by atoms with E-state index in [-0.39, 0.29) is 0 Å². The topological polar surface area (TPSA) is 17.1 Å². The van der Waals surface area contributed by atoms with Gasteiger partial charge in [0, 0.05) is 5.54 Å². The summed E-state index contributed by atoms with van der Waals surface area (Å²) in [6.07, 6.45) is 1.10. The molecule has 0 saturated heterocycles. The molecule has 0 amide bonds. The second-order valence-corrected chi connectivity index (χ2v) is 2.34. The average molecular weight is 173 g/mol. The van der Waals surface area contributed by atoms with Crippen molar-refractivity contribution < 1.29 is 4.79 Å². The molecule has 0 aliphatic rings. The van der Waals surface area contributed by atoms with E-state index in [0.717, 1.165) is 11.6 Å². The number of rotatable bonds is 2. The molecule has 0 aromatic rings. The Kier molecular flexibility index (Phi) is 4.33. The van der Waals surface area contributed by atoms with E-state index in [2.05, 4.69) is 0 Å². The maximum Gasteiger partial charge on any atom is 0.189 e. The van der Waals surface area contributed by atoms with Gasteiger partial charge in [-0.15, -0.1) is 0 Å². The minimum Gasteiger partial charge on any atom is -0.292 e. The quantitative estimate of drug-likeness (QED) is 0.462. The fraction of sp³-hybridized carbons (Fsp3) is 0.250. The van der Waals surface area contributed by atoms with Crippen molar-refractivity contribution in [1.82, 2.24) is 0 Å². The Morgan fingerprint density at radius 1 is 1.50 bits per heavy atom. The van der Waals surface area contributed by atoms with Crippen molar-refractivity contribution in [2.45, 2.75) is 4.84 Å². The number of allylic oxidation sites excluding steroid dienone is 1. The van der Waals surface area contributed by atoms with Gasteiger partial charge in [-0.3, -0.25) is 4.79 Å². The van der Waals surface area contributed by atoms with E-state index in [9.17, 15) is 4.79 Å². The smallest absolute Gasteiger partial charge is 0.189 e. The van der Waals surface area contributed by atoms with E-state index >= 15 is 0 Å². The molecular formula is C4H3Cl3O. The van der Waals surface area contributed by atoms with Crippen LogP contribution in [0.1, 0.15) is 0 Å². The Balaban J connectivity index is 3.66. The van der Waals surface area contributed by atoms with Crippen LogP contribution < -0.4 is 0 Å². The lowest BCUT2D eigenvalue weighted by Gasteiger charge is -1.88. The first-order chi connectivity index (χ1) is 3.68. The molecule has 46 valence electrons. The lowest BCUT2D eigenvalue weighted by molar-refractivity contribution is -0.113. The van der Waals surface area contributed by atoms with Crippen LogP contribution in [-0.2, 0) is 4.79 Å². The molecule has 0 heterocycles. The Labute approximate surface area is 62.2 Å². The van der Waals surface area contributed by atoms with Crippen molar-refractivity contribution in [2.24, 2.45) is 0 Å². The van der Waals surface area contributed by atoms with Crippen molar-refractivity contribution in [1.29, 1.82) is 0 Å². The Morgan fingerprint density at radius 2 is 2.00 bits per heavy atom. The third kappa shape index (κ3) is 3.30. The van der Waals surface area contributed by atoms with E-state index in [0.29, 0.717) is 0 Å². The molecule has 0 fully saturated rings. The summed E-state index contributed by atoms with van der Waals surface area (Å²) in [6.45, 7) is 0. The summed E-state index contributed by atoms with van der Waals surface area (Å²) in [5.74, 6) is -0.400. The maximum atomic E-state index is 10.3. The van der Waals surface area contributed by atoms with Crippen LogP contribution in [0.15, 0.2) is 11.6 Å². The van der Waals surface area contributed by atoms with Crippen molar-refractivity contribution in [3.05, 3.63) is 11.6 Å². The number of hydrogen-bond acceptors (Lipinski definition) is 1. The minimum absolute atomic E-state index is 0.400. The molecule has 1 nitrogen and oxygen atoms in total. The molecular weight excluding hydrogens is 170 g/mol. The molecule has 0 spiro atoms. The summed E-state index contributed by atoms with van der Waals surface area (Å²) in [6, 6.07) is 0. The van der Waals surface area contributed by atoms with Gasteiger partial charge in [0.2, 0.25) is 0 Å². The SMILES string of the molecule is O=C(/C=C\Cl)C(Cl)Cl. The summed E-state index contributed by atoms with van der Waals surface area (Å²) in [5, 5.41) is 0. The largest absolute Gasteiger partial charge is 0.292 e. The van der Waals surface area contributed by atoms with Gasteiger partial charge in [0.05, 0.1) is 0 Å². The lowest BCUT2D eigenvalue weighted by atomic mass is 10.4. The van der Waals surface area contributed by atoms with E-state index in [4.69, 9.17) is 34.8 Å². The summed E-state index contributed by atoms with van der Waals surface area (Å²) in [7, 11) is 0. The number of carbonyl (C=O) groups excluding carboxylic acids is 1. The Hall–Kier alpha value is 0.280. The van der Waals surface area contributed by atoms with E-state index in [1.165, 1.54) is 0 Å². The first kappa shape index (κ1) is 8.28. The molecule has 0 aromatic heterocycles. The third-order valence-electron chi connectivity index (χ3n) is 0.442. The monoisotopic (exact) mass is 172 g/mol.